The van der Waals surface area contributed by atoms with Crippen LogP contribution in [0.25, 0.3) is 10.1 Å². The highest BCUT2D eigenvalue weighted by Crippen LogP contribution is 2.42. The summed E-state index contributed by atoms with van der Waals surface area (Å²) in [6, 6.07) is 6.97. The van der Waals surface area contributed by atoms with Crippen molar-refractivity contribution in [3.63, 3.8) is 0 Å². The van der Waals surface area contributed by atoms with Crippen LogP contribution in [0.4, 0.5) is 0 Å². The molecule has 2 N–H and O–H groups in total. The van der Waals surface area contributed by atoms with Crippen LogP contribution in [0.1, 0.15) is 16.6 Å². The molecule has 0 aliphatic carbocycles. The first kappa shape index (κ1) is 15.0. The van der Waals surface area contributed by atoms with E-state index in [1.54, 1.807) is 31.4 Å². The summed E-state index contributed by atoms with van der Waals surface area (Å²) < 4.78 is 21.6. The molecule has 1 aromatic heterocycles. The molecule has 108 valence electrons. The van der Waals surface area contributed by atoms with Crippen LogP contribution in [0.15, 0.2) is 24.3 Å². The van der Waals surface area contributed by atoms with Crippen LogP contribution in [0.3, 0.4) is 0 Å². The minimum atomic E-state index is -4.44. The molecule has 20 heavy (non-hydrogen) atoms. The van der Waals surface area contributed by atoms with Crippen molar-refractivity contribution in [2.45, 2.75) is 12.8 Å². The maximum Gasteiger partial charge on any atom is 0.365 e. The fraction of sp³-hybridized carbons (Fsp3) is 0.250. The Balaban J connectivity index is 2.25. The first-order valence-electron chi connectivity index (χ1n) is 5.65. The number of hydrogen-bond donors (Lipinski definition) is 2. The molecule has 0 bridgehead atoms. The standard InChI is InChI=1S/C12H13O6PS/c1-7(19(14,15)16)18-12(13)11-5-8-3-4-9(17-2)6-10(8)20-11/h3-7H,1-2H3,(H2,14,15,16). The third kappa shape index (κ3) is 3.19. The number of ether oxygens (including phenoxy) is 2. The van der Waals surface area contributed by atoms with Crippen molar-refractivity contribution in [3.8, 4) is 5.75 Å². The topological polar surface area (TPSA) is 93.1 Å². The minimum absolute atomic E-state index is 0.286. The van der Waals surface area contributed by atoms with Gasteiger partial charge in [0.15, 0.2) is 5.85 Å². The zero-order valence-corrected chi connectivity index (χ0v) is 12.5. The molecule has 1 atom stereocenters. The maximum atomic E-state index is 11.8. The molecule has 0 saturated heterocycles. The van der Waals surface area contributed by atoms with Gasteiger partial charge in [0.2, 0.25) is 0 Å². The van der Waals surface area contributed by atoms with Crippen LogP contribution in [-0.4, -0.2) is 28.7 Å². The number of methoxy groups -OCH3 is 1. The second kappa shape index (κ2) is 5.54. The summed E-state index contributed by atoms with van der Waals surface area (Å²) in [4.78, 5) is 29.9. The van der Waals surface area contributed by atoms with Gasteiger partial charge in [0.05, 0.1) is 7.11 Å². The van der Waals surface area contributed by atoms with Crippen molar-refractivity contribution in [2.24, 2.45) is 0 Å². The number of hydrogen-bond acceptors (Lipinski definition) is 5. The molecule has 0 fully saturated rings. The quantitative estimate of drug-likeness (QED) is 0.665. The number of esters is 1. The van der Waals surface area contributed by atoms with Crippen LogP contribution >= 0.6 is 18.9 Å². The molecule has 0 aliphatic rings. The van der Waals surface area contributed by atoms with Gasteiger partial charge in [-0.3, -0.25) is 4.57 Å². The highest BCUT2D eigenvalue weighted by molar-refractivity contribution is 7.52. The van der Waals surface area contributed by atoms with Gasteiger partial charge in [0, 0.05) is 4.70 Å². The van der Waals surface area contributed by atoms with Gasteiger partial charge in [-0.2, -0.15) is 0 Å². The van der Waals surface area contributed by atoms with Gasteiger partial charge >= 0.3 is 13.6 Å². The molecule has 0 radical (unpaired) electrons. The van der Waals surface area contributed by atoms with Gasteiger partial charge < -0.3 is 19.3 Å². The highest BCUT2D eigenvalue weighted by atomic mass is 32.1. The number of benzene rings is 1. The third-order valence-electron chi connectivity index (χ3n) is 2.68. The predicted octanol–water partition coefficient (Wildman–Crippen LogP) is 2.59. The van der Waals surface area contributed by atoms with Crippen LogP contribution in [-0.2, 0) is 9.30 Å². The Kier molecular flexibility index (Phi) is 4.15. The summed E-state index contributed by atoms with van der Waals surface area (Å²) in [5.41, 5.74) is 0. The van der Waals surface area contributed by atoms with Gasteiger partial charge in [-0.05, 0) is 36.6 Å². The molecule has 2 rings (SSSR count). The van der Waals surface area contributed by atoms with Gasteiger partial charge in [-0.25, -0.2) is 4.79 Å². The molecular weight excluding hydrogens is 303 g/mol. The molecular formula is C12H13O6PS. The Morgan fingerprint density at radius 3 is 2.65 bits per heavy atom. The van der Waals surface area contributed by atoms with E-state index in [-0.39, 0.29) is 4.88 Å². The normalized spacial score (nSPS) is 13.2. The van der Waals surface area contributed by atoms with E-state index in [0.717, 1.165) is 17.0 Å². The summed E-state index contributed by atoms with van der Waals surface area (Å²) in [5.74, 6) is -1.54. The summed E-state index contributed by atoms with van der Waals surface area (Å²) in [6.07, 6.45) is 0. The largest absolute Gasteiger partial charge is 0.497 e. The van der Waals surface area contributed by atoms with E-state index in [9.17, 15) is 9.36 Å². The lowest BCUT2D eigenvalue weighted by molar-refractivity contribution is 0.0434. The summed E-state index contributed by atoms with van der Waals surface area (Å²) in [6.45, 7) is 1.16. The molecule has 1 aromatic carbocycles. The first-order valence-corrected chi connectivity index (χ1v) is 8.15. The summed E-state index contributed by atoms with van der Waals surface area (Å²) in [5, 5.41) is 0.839. The second-order valence-corrected chi connectivity index (χ2v) is 7.10. The number of carbonyl (C=O) groups excluding carboxylic acids is 1. The van der Waals surface area contributed by atoms with E-state index in [1.165, 1.54) is 11.3 Å². The predicted molar refractivity (Wildman–Crippen MR) is 75.3 cm³/mol. The Hall–Kier alpha value is -1.40. The fourth-order valence-electron chi connectivity index (χ4n) is 1.52. The van der Waals surface area contributed by atoms with Crippen LogP contribution < -0.4 is 4.74 Å². The zero-order chi connectivity index (χ0) is 14.9. The van der Waals surface area contributed by atoms with E-state index >= 15 is 0 Å². The smallest absolute Gasteiger partial charge is 0.365 e. The molecule has 0 amide bonds. The molecule has 6 nitrogen and oxygen atoms in total. The Bertz CT molecular complexity index is 688. The fourth-order valence-corrected chi connectivity index (χ4v) is 2.73. The van der Waals surface area contributed by atoms with Crippen molar-refractivity contribution < 1.29 is 28.6 Å². The lowest BCUT2D eigenvalue weighted by atomic mass is 10.2. The Labute approximate surface area is 119 Å². The Morgan fingerprint density at radius 2 is 2.05 bits per heavy atom. The van der Waals surface area contributed by atoms with Gasteiger partial charge in [-0.1, -0.05) is 0 Å². The highest BCUT2D eigenvalue weighted by Gasteiger charge is 2.28. The monoisotopic (exact) mass is 316 g/mol. The van der Waals surface area contributed by atoms with Crippen molar-refractivity contribution in [1.82, 2.24) is 0 Å². The summed E-state index contributed by atoms with van der Waals surface area (Å²) >= 11 is 1.18. The average Bonchev–Trinajstić information content (AvgIpc) is 2.80. The SMILES string of the molecule is COc1ccc2cc(C(=O)OC(C)P(=O)(O)O)sc2c1. The van der Waals surface area contributed by atoms with Crippen molar-refractivity contribution in [1.29, 1.82) is 0 Å². The third-order valence-corrected chi connectivity index (χ3v) is 4.81. The molecule has 0 saturated carbocycles. The van der Waals surface area contributed by atoms with E-state index in [1.807, 2.05) is 0 Å². The van der Waals surface area contributed by atoms with Crippen LogP contribution in [0.5, 0.6) is 5.75 Å². The van der Waals surface area contributed by atoms with Gasteiger partial charge in [-0.15, -0.1) is 11.3 Å². The first-order chi connectivity index (χ1) is 9.31. The van der Waals surface area contributed by atoms with E-state index in [0.29, 0.717) is 5.75 Å². The maximum absolute atomic E-state index is 11.8. The van der Waals surface area contributed by atoms with E-state index in [4.69, 9.17) is 19.3 Å². The van der Waals surface area contributed by atoms with Crippen molar-refractivity contribution in [3.05, 3.63) is 29.1 Å². The molecule has 0 spiro atoms. The average molecular weight is 316 g/mol. The number of thiophene rings is 1. The van der Waals surface area contributed by atoms with Crippen molar-refractivity contribution >= 4 is 35.0 Å². The zero-order valence-electron chi connectivity index (χ0n) is 10.8. The van der Waals surface area contributed by atoms with E-state index in [2.05, 4.69) is 0 Å². The molecule has 1 unspecified atom stereocenters. The minimum Gasteiger partial charge on any atom is -0.497 e. The van der Waals surface area contributed by atoms with Gasteiger partial charge in [0.1, 0.15) is 10.6 Å². The summed E-state index contributed by atoms with van der Waals surface area (Å²) in [7, 11) is -2.89. The molecule has 2 aromatic rings. The van der Waals surface area contributed by atoms with E-state index < -0.39 is 19.4 Å². The lowest BCUT2D eigenvalue weighted by Crippen LogP contribution is -2.14. The van der Waals surface area contributed by atoms with Crippen LogP contribution in [0.2, 0.25) is 0 Å². The molecule has 0 aliphatic heterocycles. The second-order valence-electron chi connectivity index (χ2n) is 4.11. The molecule has 8 heteroatoms. The van der Waals surface area contributed by atoms with Crippen LogP contribution in [0, 0.1) is 0 Å². The molecule has 1 heterocycles. The number of rotatable bonds is 4. The van der Waals surface area contributed by atoms with Gasteiger partial charge in [0.25, 0.3) is 0 Å². The number of fused-ring (bicyclic) bond motifs is 1. The lowest BCUT2D eigenvalue weighted by Gasteiger charge is -2.13. The number of carbonyl (C=O) groups is 1. The Morgan fingerprint density at radius 1 is 1.35 bits per heavy atom. The van der Waals surface area contributed by atoms with Crippen molar-refractivity contribution in [2.75, 3.05) is 7.11 Å².